The van der Waals surface area contributed by atoms with Gasteiger partial charge in [0, 0.05) is 58.1 Å². The summed E-state index contributed by atoms with van der Waals surface area (Å²) in [6, 6.07) is 16.1. The monoisotopic (exact) mass is 556 g/mol. The lowest BCUT2D eigenvalue weighted by Crippen LogP contribution is -2.44. The third-order valence-electron chi connectivity index (χ3n) is 8.15. The van der Waals surface area contributed by atoms with Crippen molar-refractivity contribution in [1.29, 1.82) is 0 Å². The third kappa shape index (κ3) is 4.53. The molecule has 0 unspecified atom stereocenters. The molecule has 0 radical (unpaired) electrons. The lowest BCUT2D eigenvalue weighted by atomic mass is 9.85. The molecule has 0 bridgehead atoms. The van der Waals surface area contributed by atoms with E-state index in [0.717, 1.165) is 72.7 Å². The molecule has 4 aromatic carbocycles. The van der Waals surface area contributed by atoms with Gasteiger partial charge in [0.05, 0.1) is 0 Å². The van der Waals surface area contributed by atoms with Gasteiger partial charge in [-0.1, -0.05) is 75.2 Å². The molecule has 6 rings (SSSR count). The standard InChI is InChI=1S/C36H32N2O4/c1-3-5-19-37-25(17-15-23-11-7-9-13-29(23)37)21-27-31(35(41)33(27)39)32-28(34(40)36(32)42)22-26-18-16-24-12-8-10-14-30(24)38(26)20-6-4-2/h7-18,21-22H,3-6,19-20H2,1-2H3/b25-21-,26-22+. The number of para-hydroxylation sites is 2. The summed E-state index contributed by atoms with van der Waals surface area (Å²) in [4.78, 5) is 56.0. The molecule has 0 amide bonds. The van der Waals surface area contributed by atoms with Crippen LogP contribution >= 0.6 is 0 Å². The van der Waals surface area contributed by atoms with Gasteiger partial charge in [0.1, 0.15) is 0 Å². The van der Waals surface area contributed by atoms with E-state index in [4.69, 9.17) is 0 Å². The smallest absolute Gasteiger partial charge is 0.235 e. The number of anilines is 2. The summed E-state index contributed by atoms with van der Waals surface area (Å²) in [6.07, 6.45) is 15.1. The van der Waals surface area contributed by atoms with E-state index in [1.54, 1.807) is 12.2 Å². The first-order valence-electron chi connectivity index (χ1n) is 14.6. The zero-order valence-electron chi connectivity index (χ0n) is 23.9. The molecule has 42 heavy (non-hydrogen) atoms. The average molecular weight is 557 g/mol. The van der Waals surface area contributed by atoms with Gasteiger partial charge in [-0.25, -0.2) is 0 Å². The summed E-state index contributed by atoms with van der Waals surface area (Å²) in [5.74, 6) is 0. The maximum atomic E-state index is 12.9. The van der Waals surface area contributed by atoms with E-state index in [9.17, 15) is 19.2 Å². The second kappa shape index (κ2) is 11.2. The van der Waals surface area contributed by atoms with Gasteiger partial charge in [-0.3, -0.25) is 19.2 Å². The molecule has 0 aliphatic carbocycles. The van der Waals surface area contributed by atoms with Crippen molar-refractivity contribution in [3.63, 3.8) is 0 Å². The lowest BCUT2D eigenvalue weighted by molar-refractivity contribution is 0.772. The largest absolute Gasteiger partial charge is 0.341 e. The molecule has 0 fully saturated rings. The minimum atomic E-state index is -0.721. The van der Waals surface area contributed by atoms with Crippen LogP contribution in [0.3, 0.4) is 0 Å². The molecule has 6 heteroatoms. The Morgan fingerprint density at radius 3 is 1.36 bits per heavy atom. The number of unbranched alkanes of at least 4 members (excludes halogenated alkanes) is 2. The summed E-state index contributed by atoms with van der Waals surface area (Å²) in [6.45, 7) is 5.73. The number of fused-ring (bicyclic) bond motifs is 2. The van der Waals surface area contributed by atoms with E-state index >= 15 is 0 Å². The van der Waals surface area contributed by atoms with Gasteiger partial charge >= 0.3 is 0 Å². The van der Waals surface area contributed by atoms with Gasteiger partial charge in [-0.05, 0) is 60.4 Å². The Hall–Kier alpha value is -4.84. The fourth-order valence-electron chi connectivity index (χ4n) is 5.83. The Balaban J connectivity index is 1.43. The van der Waals surface area contributed by atoms with Crippen LogP contribution < -0.4 is 31.5 Å². The molecule has 0 aromatic heterocycles. The van der Waals surface area contributed by atoms with Crippen molar-refractivity contribution < 1.29 is 0 Å². The van der Waals surface area contributed by atoms with E-state index < -0.39 is 21.7 Å². The van der Waals surface area contributed by atoms with Crippen LogP contribution in [-0.2, 0) is 0 Å². The van der Waals surface area contributed by atoms with E-state index in [2.05, 4.69) is 23.6 Å². The quantitative estimate of drug-likeness (QED) is 0.239. The van der Waals surface area contributed by atoms with Crippen molar-refractivity contribution in [3.8, 4) is 11.1 Å². The molecule has 4 aromatic rings. The predicted molar refractivity (Wildman–Crippen MR) is 173 cm³/mol. The third-order valence-corrected chi connectivity index (χ3v) is 8.15. The van der Waals surface area contributed by atoms with E-state index in [1.807, 2.05) is 72.8 Å². The van der Waals surface area contributed by atoms with E-state index in [1.165, 1.54) is 0 Å². The lowest BCUT2D eigenvalue weighted by Gasteiger charge is -2.31. The van der Waals surface area contributed by atoms with Crippen molar-refractivity contribution in [3.05, 3.63) is 135 Å². The number of benzene rings is 2. The Labute approximate surface area is 244 Å². The van der Waals surface area contributed by atoms with Crippen molar-refractivity contribution in [2.45, 2.75) is 39.5 Å². The number of nitrogens with zero attached hydrogens (tertiary/aromatic N) is 2. The van der Waals surface area contributed by atoms with Crippen molar-refractivity contribution in [1.82, 2.24) is 0 Å². The van der Waals surface area contributed by atoms with E-state index in [0.29, 0.717) is 0 Å². The molecule has 0 spiro atoms. The highest BCUT2D eigenvalue weighted by atomic mass is 16.2. The fourth-order valence-corrected chi connectivity index (χ4v) is 5.83. The summed E-state index contributed by atoms with van der Waals surface area (Å²) in [7, 11) is 0. The Kier molecular flexibility index (Phi) is 7.29. The van der Waals surface area contributed by atoms with Crippen LogP contribution in [0.2, 0.25) is 0 Å². The first kappa shape index (κ1) is 27.3. The van der Waals surface area contributed by atoms with Gasteiger partial charge < -0.3 is 9.80 Å². The number of allylic oxidation sites excluding steroid dienone is 2. The Morgan fingerprint density at radius 2 is 0.952 bits per heavy atom. The topological polar surface area (TPSA) is 74.8 Å². The second-order valence-corrected chi connectivity index (χ2v) is 10.8. The van der Waals surface area contributed by atoms with Crippen LogP contribution in [0.5, 0.6) is 0 Å². The molecular formula is C36H32N2O4. The Bertz CT molecular complexity index is 1810. The van der Waals surface area contributed by atoms with Crippen LogP contribution in [0.25, 0.3) is 35.4 Å². The van der Waals surface area contributed by atoms with Crippen LogP contribution in [0.1, 0.15) is 61.8 Å². The summed E-state index contributed by atoms with van der Waals surface area (Å²) < 4.78 is 0. The number of rotatable bonds is 9. The molecule has 0 N–H and O–H groups in total. The zero-order valence-corrected chi connectivity index (χ0v) is 23.9. The SMILES string of the molecule is CCCCN1/C(=C\c2c(-c3c(/C=C4\C=Cc5ccccc5N4CCCC)c(=O)c3=O)c(=O)c2=O)C=Cc2ccccc21. The van der Waals surface area contributed by atoms with E-state index in [-0.39, 0.29) is 22.3 Å². The summed E-state index contributed by atoms with van der Waals surface area (Å²) in [5, 5.41) is 0. The number of hydrogen-bond donors (Lipinski definition) is 0. The first-order chi connectivity index (χ1) is 20.4. The van der Waals surface area contributed by atoms with Crippen LogP contribution in [0.15, 0.2) is 91.3 Å². The summed E-state index contributed by atoms with van der Waals surface area (Å²) >= 11 is 0. The maximum Gasteiger partial charge on any atom is 0.235 e. The van der Waals surface area contributed by atoms with Gasteiger partial charge in [0.2, 0.25) is 21.7 Å². The van der Waals surface area contributed by atoms with Gasteiger partial charge in [0.25, 0.3) is 0 Å². The van der Waals surface area contributed by atoms with Crippen molar-refractivity contribution >= 4 is 35.7 Å². The van der Waals surface area contributed by atoms with Gasteiger partial charge in [-0.2, -0.15) is 0 Å². The van der Waals surface area contributed by atoms with Gasteiger partial charge in [-0.15, -0.1) is 0 Å². The highest BCUT2D eigenvalue weighted by molar-refractivity contribution is 5.90. The van der Waals surface area contributed by atoms with Crippen LogP contribution in [0.4, 0.5) is 11.4 Å². The number of hydrogen-bond acceptors (Lipinski definition) is 6. The molecule has 210 valence electrons. The minimum absolute atomic E-state index is 0.0481. The minimum Gasteiger partial charge on any atom is -0.341 e. The van der Waals surface area contributed by atoms with Crippen molar-refractivity contribution in [2.24, 2.45) is 0 Å². The van der Waals surface area contributed by atoms with Crippen LogP contribution in [-0.4, -0.2) is 13.1 Å². The highest BCUT2D eigenvalue weighted by Gasteiger charge is 2.32. The maximum absolute atomic E-state index is 12.9. The zero-order chi connectivity index (χ0) is 29.4. The fraction of sp³-hybridized carbons (Fsp3) is 0.222. The molecule has 2 aliphatic rings. The normalized spacial score (nSPS) is 16.1. The highest BCUT2D eigenvalue weighted by Crippen LogP contribution is 2.35. The molecule has 0 saturated heterocycles. The molecule has 0 saturated carbocycles. The summed E-state index contributed by atoms with van der Waals surface area (Å²) in [5.41, 5.74) is 3.47. The van der Waals surface area contributed by atoms with Gasteiger partial charge in [0.15, 0.2) is 0 Å². The average Bonchev–Trinajstić information content (AvgIpc) is 3.03. The van der Waals surface area contributed by atoms with Crippen LogP contribution in [0, 0.1) is 0 Å². The molecule has 2 heterocycles. The molecule has 0 atom stereocenters. The second-order valence-electron chi connectivity index (χ2n) is 10.8. The first-order valence-corrected chi connectivity index (χ1v) is 14.6. The molecule has 2 aliphatic heterocycles. The van der Waals surface area contributed by atoms with Crippen molar-refractivity contribution in [2.75, 3.05) is 22.9 Å². The molecule has 6 nitrogen and oxygen atoms in total. The predicted octanol–water partition coefficient (Wildman–Crippen LogP) is 5.89. The molecular weight excluding hydrogens is 524 g/mol. The Morgan fingerprint density at radius 1 is 0.548 bits per heavy atom.